The van der Waals surface area contributed by atoms with Crippen LogP contribution in [0.1, 0.15) is 31.4 Å². The molecule has 1 aromatic heterocycles. The Bertz CT molecular complexity index is 397. The van der Waals surface area contributed by atoms with Crippen LogP contribution in [0.25, 0.3) is 0 Å². The standard InChI is InChI=1S/C12H20N4O/c1-8(9-3-4-9)5-14-12(17)11(13)10-6-15-16(2)7-10/h6-9,11H,3-5,13H2,1-2H3,(H,14,17). The third-order valence-corrected chi connectivity index (χ3v) is 3.39. The molecule has 1 saturated carbocycles. The monoisotopic (exact) mass is 236 g/mol. The van der Waals surface area contributed by atoms with Crippen LogP contribution < -0.4 is 11.1 Å². The summed E-state index contributed by atoms with van der Waals surface area (Å²) < 4.78 is 1.65. The molecule has 5 nitrogen and oxygen atoms in total. The summed E-state index contributed by atoms with van der Waals surface area (Å²) in [5.41, 5.74) is 6.62. The van der Waals surface area contributed by atoms with Crippen LogP contribution in [0.4, 0.5) is 0 Å². The third kappa shape index (κ3) is 3.06. The second kappa shape index (κ2) is 4.87. The Hall–Kier alpha value is -1.36. The van der Waals surface area contributed by atoms with Gasteiger partial charge in [-0.1, -0.05) is 6.92 Å². The number of aryl methyl sites for hydroxylation is 1. The molecule has 0 saturated heterocycles. The third-order valence-electron chi connectivity index (χ3n) is 3.39. The Morgan fingerprint density at radius 1 is 1.71 bits per heavy atom. The van der Waals surface area contributed by atoms with Crippen LogP contribution in [0.5, 0.6) is 0 Å². The summed E-state index contributed by atoms with van der Waals surface area (Å²) in [5.74, 6) is 1.23. The van der Waals surface area contributed by atoms with Crippen molar-refractivity contribution in [2.75, 3.05) is 6.54 Å². The van der Waals surface area contributed by atoms with Gasteiger partial charge in [0.1, 0.15) is 6.04 Å². The second-order valence-corrected chi connectivity index (χ2v) is 4.98. The normalized spacial score (nSPS) is 18.8. The molecule has 0 aliphatic heterocycles. The highest BCUT2D eigenvalue weighted by molar-refractivity contribution is 5.82. The van der Waals surface area contributed by atoms with Crippen LogP contribution in [-0.2, 0) is 11.8 Å². The first kappa shape index (κ1) is 12.1. The molecule has 17 heavy (non-hydrogen) atoms. The lowest BCUT2D eigenvalue weighted by molar-refractivity contribution is -0.122. The highest BCUT2D eigenvalue weighted by Gasteiger charge is 2.28. The predicted molar refractivity (Wildman–Crippen MR) is 65.0 cm³/mol. The van der Waals surface area contributed by atoms with Crippen LogP contribution in [0.2, 0.25) is 0 Å². The van der Waals surface area contributed by atoms with Crippen molar-refractivity contribution in [1.82, 2.24) is 15.1 Å². The Morgan fingerprint density at radius 2 is 2.41 bits per heavy atom. The maximum Gasteiger partial charge on any atom is 0.241 e. The van der Waals surface area contributed by atoms with Gasteiger partial charge in [-0.3, -0.25) is 9.48 Å². The zero-order valence-electron chi connectivity index (χ0n) is 10.4. The molecule has 1 aliphatic carbocycles. The van der Waals surface area contributed by atoms with E-state index in [1.165, 1.54) is 12.8 Å². The number of nitrogens with zero attached hydrogens (tertiary/aromatic N) is 2. The van der Waals surface area contributed by atoms with Gasteiger partial charge in [-0.15, -0.1) is 0 Å². The summed E-state index contributed by atoms with van der Waals surface area (Å²) in [6.45, 7) is 2.89. The molecule has 2 rings (SSSR count). The fourth-order valence-corrected chi connectivity index (χ4v) is 1.96. The minimum Gasteiger partial charge on any atom is -0.354 e. The van der Waals surface area contributed by atoms with Crippen molar-refractivity contribution in [2.45, 2.75) is 25.8 Å². The number of hydrogen-bond acceptors (Lipinski definition) is 3. The molecule has 5 heteroatoms. The summed E-state index contributed by atoms with van der Waals surface area (Å²) >= 11 is 0. The van der Waals surface area contributed by atoms with Crippen LogP contribution in [0.3, 0.4) is 0 Å². The van der Waals surface area contributed by atoms with Crippen molar-refractivity contribution in [3.8, 4) is 0 Å². The molecule has 0 spiro atoms. The van der Waals surface area contributed by atoms with E-state index in [0.717, 1.165) is 18.0 Å². The van der Waals surface area contributed by atoms with Gasteiger partial charge in [0, 0.05) is 25.4 Å². The van der Waals surface area contributed by atoms with Crippen molar-refractivity contribution in [3.05, 3.63) is 18.0 Å². The van der Waals surface area contributed by atoms with Gasteiger partial charge in [0.05, 0.1) is 6.20 Å². The largest absolute Gasteiger partial charge is 0.354 e. The number of rotatable bonds is 5. The van der Waals surface area contributed by atoms with Crippen molar-refractivity contribution in [3.63, 3.8) is 0 Å². The number of carbonyl (C=O) groups excluding carboxylic acids is 1. The lowest BCUT2D eigenvalue weighted by Gasteiger charge is -2.14. The van der Waals surface area contributed by atoms with E-state index >= 15 is 0 Å². The van der Waals surface area contributed by atoms with Crippen LogP contribution in [0, 0.1) is 11.8 Å². The fourth-order valence-electron chi connectivity index (χ4n) is 1.96. The molecule has 0 bridgehead atoms. The molecule has 1 heterocycles. The van der Waals surface area contributed by atoms with E-state index in [2.05, 4.69) is 17.3 Å². The van der Waals surface area contributed by atoms with Gasteiger partial charge in [0.2, 0.25) is 5.91 Å². The first-order chi connectivity index (χ1) is 8.08. The number of nitrogens with two attached hydrogens (primary N) is 1. The molecular formula is C12H20N4O. The minimum atomic E-state index is -0.616. The summed E-state index contributed by atoms with van der Waals surface area (Å²) in [6.07, 6.45) is 6.00. The van der Waals surface area contributed by atoms with Gasteiger partial charge in [-0.2, -0.15) is 5.10 Å². The number of amides is 1. The first-order valence-corrected chi connectivity index (χ1v) is 6.09. The maximum absolute atomic E-state index is 11.8. The smallest absolute Gasteiger partial charge is 0.241 e. The Kier molecular flexibility index (Phi) is 3.47. The van der Waals surface area contributed by atoms with E-state index < -0.39 is 6.04 Å². The van der Waals surface area contributed by atoms with Gasteiger partial charge in [0.25, 0.3) is 0 Å². The summed E-state index contributed by atoms with van der Waals surface area (Å²) in [6, 6.07) is -0.616. The van der Waals surface area contributed by atoms with Crippen molar-refractivity contribution < 1.29 is 4.79 Å². The minimum absolute atomic E-state index is 0.120. The van der Waals surface area contributed by atoms with Crippen molar-refractivity contribution in [1.29, 1.82) is 0 Å². The summed E-state index contributed by atoms with van der Waals surface area (Å²) in [5, 5.41) is 6.92. The van der Waals surface area contributed by atoms with E-state index in [-0.39, 0.29) is 5.91 Å². The molecule has 94 valence electrons. The Labute approximate surface area is 101 Å². The summed E-state index contributed by atoms with van der Waals surface area (Å²) in [4.78, 5) is 11.8. The second-order valence-electron chi connectivity index (χ2n) is 4.98. The highest BCUT2D eigenvalue weighted by atomic mass is 16.2. The number of aromatic nitrogens is 2. The molecule has 1 aliphatic rings. The van der Waals surface area contributed by atoms with Gasteiger partial charge in [-0.25, -0.2) is 0 Å². The molecule has 1 amide bonds. The zero-order chi connectivity index (χ0) is 12.4. The summed E-state index contributed by atoms with van der Waals surface area (Å²) in [7, 11) is 1.81. The van der Waals surface area contributed by atoms with Gasteiger partial charge < -0.3 is 11.1 Å². The Balaban J connectivity index is 1.82. The van der Waals surface area contributed by atoms with Crippen LogP contribution in [-0.4, -0.2) is 22.2 Å². The van der Waals surface area contributed by atoms with Gasteiger partial charge in [-0.05, 0) is 24.7 Å². The molecule has 2 atom stereocenters. The van der Waals surface area contributed by atoms with Gasteiger partial charge >= 0.3 is 0 Å². The quantitative estimate of drug-likeness (QED) is 0.785. The lowest BCUT2D eigenvalue weighted by atomic mass is 10.1. The molecule has 0 radical (unpaired) electrons. The zero-order valence-corrected chi connectivity index (χ0v) is 10.4. The number of carbonyl (C=O) groups is 1. The van der Waals surface area contributed by atoms with Crippen molar-refractivity contribution in [2.24, 2.45) is 24.6 Å². The van der Waals surface area contributed by atoms with E-state index in [1.807, 2.05) is 7.05 Å². The van der Waals surface area contributed by atoms with Crippen LogP contribution in [0.15, 0.2) is 12.4 Å². The fraction of sp³-hybridized carbons (Fsp3) is 0.667. The van der Waals surface area contributed by atoms with E-state index in [4.69, 9.17) is 5.73 Å². The maximum atomic E-state index is 11.8. The van der Waals surface area contributed by atoms with Crippen LogP contribution >= 0.6 is 0 Å². The number of hydrogen-bond donors (Lipinski definition) is 2. The SMILES string of the molecule is CC(CNC(=O)C(N)c1cnn(C)c1)C1CC1. The van der Waals surface area contributed by atoms with E-state index in [0.29, 0.717) is 5.92 Å². The lowest BCUT2D eigenvalue weighted by Crippen LogP contribution is -2.36. The predicted octanol–water partition coefficient (Wildman–Crippen LogP) is 0.582. The van der Waals surface area contributed by atoms with E-state index in [9.17, 15) is 4.79 Å². The molecule has 1 aromatic rings. The Morgan fingerprint density at radius 3 is 2.94 bits per heavy atom. The average molecular weight is 236 g/mol. The van der Waals surface area contributed by atoms with E-state index in [1.54, 1.807) is 17.1 Å². The van der Waals surface area contributed by atoms with Crippen molar-refractivity contribution >= 4 is 5.91 Å². The number of nitrogens with one attached hydrogen (secondary N) is 1. The topological polar surface area (TPSA) is 72.9 Å². The molecule has 0 aromatic carbocycles. The highest BCUT2D eigenvalue weighted by Crippen LogP contribution is 2.36. The average Bonchev–Trinajstić information content (AvgIpc) is 3.07. The first-order valence-electron chi connectivity index (χ1n) is 6.09. The molecule has 3 N–H and O–H groups in total. The molecular weight excluding hydrogens is 216 g/mol. The molecule has 1 fully saturated rings. The van der Waals surface area contributed by atoms with Gasteiger partial charge in [0.15, 0.2) is 0 Å². The molecule has 2 unspecified atom stereocenters.